The molecule has 1 heterocycles. The highest BCUT2D eigenvalue weighted by molar-refractivity contribution is 5.91. The van der Waals surface area contributed by atoms with Gasteiger partial charge in [-0.1, -0.05) is 60.7 Å². The van der Waals surface area contributed by atoms with Gasteiger partial charge < -0.3 is 10.3 Å². The maximum absolute atomic E-state index is 12.3. The molecule has 0 fully saturated rings. The summed E-state index contributed by atoms with van der Waals surface area (Å²) >= 11 is 0. The first-order valence-electron chi connectivity index (χ1n) is 6.75. The van der Waals surface area contributed by atoms with E-state index in [0.717, 1.165) is 11.1 Å². The summed E-state index contributed by atoms with van der Waals surface area (Å²) in [5.41, 5.74) is 2.06. The molecule has 1 amide bonds. The van der Waals surface area contributed by atoms with Gasteiger partial charge in [0, 0.05) is 12.4 Å². The van der Waals surface area contributed by atoms with Crippen LogP contribution in [0.2, 0.25) is 0 Å². The molecule has 0 saturated carbocycles. The third-order valence-electron chi connectivity index (χ3n) is 3.25. The van der Waals surface area contributed by atoms with E-state index in [1.54, 1.807) is 12.4 Å². The largest absolute Gasteiger partial charge is 0.341 e. The Bertz CT molecular complexity index is 654. The monoisotopic (exact) mass is 277 g/mol. The van der Waals surface area contributed by atoms with Crippen LogP contribution in [-0.2, 0) is 0 Å². The van der Waals surface area contributed by atoms with Crippen molar-refractivity contribution < 1.29 is 4.79 Å². The lowest BCUT2D eigenvalue weighted by Crippen LogP contribution is -2.30. The maximum atomic E-state index is 12.3. The second-order valence-electron chi connectivity index (χ2n) is 4.67. The SMILES string of the molecule is O=C(NC(c1ccccc1)c1ccccc1)c1ncc[nH]1. The van der Waals surface area contributed by atoms with Gasteiger partial charge in [-0.15, -0.1) is 0 Å². The summed E-state index contributed by atoms with van der Waals surface area (Å²) in [6, 6.07) is 19.6. The molecule has 0 aliphatic rings. The Morgan fingerprint density at radius 2 is 1.52 bits per heavy atom. The molecule has 4 nitrogen and oxygen atoms in total. The minimum absolute atomic E-state index is 0.204. The van der Waals surface area contributed by atoms with Crippen molar-refractivity contribution in [2.24, 2.45) is 0 Å². The number of imidazole rings is 1. The van der Waals surface area contributed by atoms with Gasteiger partial charge in [0.05, 0.1) is 6.04 Å². The summed E-state index contributed by atoms with van der Waals surface area (Å²) in [6.45, 7) is 0. The van der Waals surface area contributed by atoms with Crippen LogP contribution >= 0.6 is 0 Å². The van der Waals surface area contributed by atoms with Gasteiger partial charge in [-0.2, -0.15) is 0 Å². The first-order valence-corrected chi connectivity index (χ1v) is 6.75. The van der Waals surface area contributed by atoms with Crippen LogP contribution in [0.15, 0.2) is 73.1 Å². The molecule has 104 valence electrons. The molecule has 21 heavy (non-hydrogen) atoms. The van der Waals surface area contributed by atoms with Gasteiger partial charge in [0.1, 0.15) is 0 Å². The van der Waals surface area contributed by atoms with Crippen molar-refractivity contribution in [3.63, 3.8) is 0 Å². The van der Waals surface area contributed by atoms with E-state index in [-0.39, 0.29) is 11.9 Å². The summed E-state index contributed by atoms with van der Waals surface area (Å²) in [5.74, 6) is 0.0876. The van der Waals surface area contributed by atoms with E-state index in [9.17, 15) is 4.79 Å². The van der Waals surface area contributed by atoms with Gasteiger partial charge in [-0.05, 0) is 11.1 Å². The smallest absolute Gasteiger partial charge is 0.287 e. The summed E-state index contributed by atoms with van der Waals surface area (Å²) in [7, 11) is 0. The van der Waals surface area contributed by atoms with E-state index in [1.807, 2.05) is 60.7 Å². The highest BCUT2D eigenvalue weighted by Crippen LogP contribution is 2.21. The first kappa shape index (κ1) is 13.1. The number of H-pyrrole nitrogens is 1. The number of nitrogens with zero attached hydrogens (tertiary/aromatic N) is 1. The van der Waals surface area contributed by atoms with Gasteiger partial charge in [0.25, 0.3) is 5.91 Å². The van der Waals surface area contributed by atoms with Crippen LogP contribution < -0.4 is 5.32 Å². The maximum Gasteiger partial charge on any atom is 0.287 e. The molecule has 0 saturated heterocycles. The molecule has 0 bridgehead atoms. The number of benzene rings is 2. The standard InChI is InChI=1S/C17H15N3O/c21-17(16-18-11-12-19-16)20-15(13-7-3-1-4-8-13)14-9-5-2-6-10-14/h1-12,15H,(H,18,19)(H,20,21). The predicted molar refractivity (Wildman–Crippen MR) is 80.8 cm³/mol. The molecule has 0 aliphatic carbocycles. The zero-order valence-corrected chi connectivity index (χ0v) is 11.4. The number of aromatic amines is 1. The van der Waals surface area contributed by atoms with Crippen LogP contribution in [0.25, 0.3) is 0 Å². The second-order valence-corrected chi connectivity index (χ2v) is 4.67. The van der Waals surface area contributed by atoms with Crippen molar-refractivity contribution >= 4 is 5.91 Å². The number of amides is 1. The van der Waals surface area contributed by atoms with Crippen LogP contribution in [0.5, 0.6) is 0 Å². The Kier molecular flexibility index (Phi) is 3.78. The van der Waals surface area contributed by atoms with E-state index in [1.165, 1.54) is 0 Å². The van der Waals surface area contributed by atoms with Crippen LogP contribution in [0.3, 0.4) is 0 Å². The van der Waals surface area contributed by atoms with E-state index in [0.29, 0.717) is 5.82 Å². The number of nitrogens with one attached hydrogen (secondary N) is 2. The van der Waals surface area contributed by atoms with Crippen molar-refractivity contribution in [1.82, 2.24) is 15.3 Å². The van der Waals surface area contributed by atoms with Crippen molar-refractivity contribution in [2.45, 2.75) is 6.04 Å². The van der Waals surface area contributed by atoms with Gasteiger partial charge in [-0.3, -0.25) is 4.79 Å². The molecule has 0 unspecified atom stereocenters. The Labute approximate surface area is 122 Å². The Hall–Kier alpha value is -2.88. The van der Waals surface area contributed by atoms with Crippen LogP contribution in [-0.4, -0.2) is 15.9 Å². The molecule has 3 rings (SSSR count). The minimum Gasteiger partial charge on any atom is -0.341 e. The summed E-state index contributed by atoms with van der Waals surface area (Å²) < 4.78 is 0. The number of carbonyl (C=O) groups excluding carboxylic acids is 1. The average Bonchev–Trinajstić information content (AvgIpc) is 3.09. The molecule has 2 aromatic carbocycles. The normalized spacial score (nSPS) is 10.5. The fourth-order valence-corrected chi connectivity index (χ4v) is 2.24. The second kappa shape index (κ2) is 6.05. The van der Waals surface area contributed by atoms with E-state index < -0.39 is 0 Å². The molecule has 3 aromatic rings. The molecule has 1 aromatic heterocycles. The molecule has 4 heteroatoms. The molecule has 0 atom stereocenters. The van der Waals surface area contributed by atoms with Crippen LogP contribution in [0, 0.1) is 0 Å². The van der Waals surface area contributed by atoms with Gasteiger partial charge in [0.2, 0.25) is 0 Å². The molecular formula is C17H15N3O. The number of hydrogen-bond donors (Lipinski definition) is 2. The Balaban J connectivity index is 1.92. The average molecular weight is 277 g/mol. The molecule has 0 aliphatic heterocycles. The zero-order valence-electron chi connectivity index (χ0n) is 11.4. The van der Waals surface area contributed by atoms with Gasteiger partial charge >= 0.3 is 0 Å². The number of carbonyl (C=O) groups is 1. The third-order valence-corrected chi connectivity index (χ3v) is 3.25. The Morgan fingerprint density at radius 1 is 0.952 bits per heavy atom. The predicted octanol–water partition coefficient (Wildman–Crippen LogP) is 2.93. The minimum atomic E-state index is -0.224. The van der Waals surface area contributed by atoms with E-state index >= 15 is 0 Å². The molecule has 0 radical (unpaired) electrons. The van der Waals surface area contributed by atoms with Gasteiger partial charge in [-0.25, -0.2) is 4.98 Å². The summed E-state index contributed by atoms with van der Waals surface area (Å²) in [6.07, 6.45) is 3.20. The van der Waals surface area contributed by atoms with Crippen LogP contribution in [0.1, 0.15) is 27.8 Å². The summed E-state index contributed by atoms with van der Waals surface area (Å²) in [5, 5.41) is 3.02. The lowest BCUT2D eigenvalue weighted by Gasteiger charge is -2.19. The number of hydrogen-bond acceptors (Lipinski definition) is 2. The fourth-order valence-electron chi connectivity index (χ4n) is 2.24. The zero-order chi connectivity index (χ0) is 14.5. The first-order chi connectivity index (χ1) is 10.3. The highest BCUT2D eigenvalue weighted by Gasteiger charge is 2.18. The molecule has 0 spiro atoms. The number of rotatable bonds is 4. The van der Waals surface area contributed by atoms with Crippen molar-refractivity contribution in [2.75, 3.05) is 0 Å². The van der Waals surface area contributed by atoms with E-state index in [2.05, 4.69) is 15.3 Å². The lowest BCUT2D eigenvalue weighted by atomic mass is 9.99. The van der Waals surface area contributed by atoms with Crippen molar-refractivity contribution in [1.29, 1.82) is 0 Å². The number of aromatic nitrogens is 2. The van der Waals surface area contributed by atoms with Crippen molar-refractivity contribution in [3.05, 3.63) is 90.0 Å². The van der Waals surface area contributed by atoms with Crippen molar-refractivity contribution in [3.8, 4) is 0 Å². The quantitative estimate of drug-likeness (QED) is 0.770. The third kappa shape index (κ3) is 3.00. The molecule has 2 N–H and O–H groups in total. The fraction of sp³-hybridized carbons (Fsp3) is 0.0588. The van der Waals surface area contributed by atoms with E-state index in [4.69, 9.17) is 0 Å². The van der Waals surface area contributed by atoms with Crippen LogP contribution in [0.4, 0.5) is 0 Å². The highest BCUT2D eigenvalue weighted by atomic mass is 16.2. The lowest BCUT2D eigenvalue weighted by molar-refractivity contribution is 0.0933. The Morgan fingerprint density at radius 3 is 2.00 bits per heavy atom. The molecular weight excluding hydrogens is 262 g/mol. The topological polar surface area (TPSA) is 57.8 Å². The van der Waals surface area contributed by atoms with Gasteiger partial charge in [0.15, 0.2) is 5.82 Å². The summed E-state index contributed by atoms with van der Waals surface area (Å²) in [4.78, 5) is 19.1.